The van der Waals surface area contributed by atoms with Crippen molar-refractivity contribution in [3.63, 3.8) is 0 Å². The number of hydrogen-bond acceptors (Lipinski definition) is 9. The Morgan fingerprint density at radius 2 is 2.06 bits per heavy atom. The second-order valence-electron chi connectivity index (χ2n) is 10.6. The molecule has 1 aliphatic carbocycles. The number of piperazine rings is 1. The summed E-state index contributed by atoms with van der Waals surface area (Å²) in [5, 5.41) is 20.4. The van der Waals surface area contributed by atoms with Gasteiger partial charge in [0, 0.05) is 36.4 Å². The van der Waals surface area contributed by atoms with E-state index in [1.807, 2.05) is 32.6 Å². The molecule has 1 saturated carbocycles. The Morgan fingerprint density at radius 1 is 1.33 bits per heavy atom. The van der Waals surface area contributed by atoms with Crippen LogP contribution in [0.2, 0.25) is 0 Å². The smallest absolute Gasteiger partial charge is 0.291 e. The lowest BCUT2D eigenvalue weighted by Gasteiger charge is -2.44. The number of anilines is 1. The number of rotatable bonds is 7. The van der Waals surface area contributed by atoms with Crippen LogP contribution in [0.25, 0.3) is 16.3 Å². The van der Waals surface area contributed by atoms with Crippen molar-refractivity contribution in [3.8, 4) is 10.8 Å². The average molecular weight is 542 g/mol. The number of aromatic nitrogens is 4. The van der Waals surface area contributed by atoms with Crippen molar-refractivity contribution in [2.75, 3.05) is 24.6 Å². The van der Waals surface area contributed by atoms with Gasteiger partial charge in [-0.1, -0.05) is 18.3 Å². The molecule has 1 saturated heterocycles. The summed E-state index contributed by atoms with van der Waals surface area (Å²) >= 11 is 0.715. The molecular weight excluding hydrogens is 512 g/mol. The summed E-state index contributed by atoms with van der Waals surface area (Å²) < 4.78 is 57.7. The molecule has 3 atom stereocenters. The van der Waals surface area contributed by atoms with Crippen LogP contribution in [-0.4, -0.2) is 69.9 Å². The SMILES string of the molecule is C[C@@H]1C[C@]1(C)NS(=O)(=O)c1cc(N2CC(CO)NC(C)(C)C2)c2cnc(-c3nnc(C(F)F)s3)n2c1. The molecule has 3 aromatic rings. The zero-order chi connectivity index (χ0) is 26.0. The molecule has 0 bridgehead atoms. The monoisotopic (exact) mass is 541 g/mol. The minimum absolute atomic E-state index is 0.0278. The molecule has 14 heteroatoms. The van der Waals surface area contributed by atoms with Crippen LogP contribution in [0.4, 0.5) is 14.5 Å². The fourth-order valence-corrected chi connectivity index (χ4v) is 7.07. The predicted molar refractivity (Wildman–Crippen MR) is 132 cm³/mol. The molecule has 10 nitrogen and oxygen atoms in total. The average Bonchev–Trinajstić information content (AvgIpc) is 3.20. The molecular formula is C22H29F2N7O3S2. The summed E-state index contributed by atoms with van der Waals surface area (Å²) in [6.07, 6.45) is 0.993. The van der Waals surface area contributed by atoms with Gasteiger partial charge in [-0.25, -0.2) is 26.9 Å². The first-order valence-corrected chi connectivity index (χ1v) is 13.9. The van der Waals surface area contributed by atoms with Crippen LogP contribution < -0.4 is 14.9 Å². The number of nitrogens with one attached hydrogen (secondary N) is 2. The van der Waals surface area contributed by atoms with Crippen molar-refractivity contribution in [2.45, 2.75) is 62.6 Å². The number of nitrogens with zero attached hydrogens (tertiary/aromatic N) is 5. The Bertz CT molecular complexity index is 1410. The normalized spacial score (nSPS) is 26.2. The third-order valence-electron chi connectivity index (χ3n) is 6.93. The van der Waals surface area contributed by atoms with E-state index in [9.17, 15) is 22.3 Å². The molecule has 3 N–H and O–H groups in total. The van der Waals surface area contributed by atoms with E-state index in [1.54, 1.807) is 16.7 Å². The van der Waals surface area contributed by atoms with Gasteiger partial charge in [-0.2, -0.15) is 0 Å². The summed E-state index contributed by atoms with van der Waals surface area (Å²) in [7, 11) is -3.92. The molecule has 0 radical (unpaired) electrons. The topological polar surface area (TPSA) is 125 Å². The number of aliphatic hydroxyl groups is 1. The second-order valence-corrected chi connectivity index (χ2v) is 13.3. The van der Waals surface area contributed by atoms with Crippen LogP contribution in [0.3, 0.4) is 0 Å². The molecule has 3 aromatic heterocycles. The van der Waals surface area contributed by atoms with Crippen LogP contribution in [0.15, 0.2) is 23.4 Å². The molecule has 1 aliphatic heterocycles. The number of imidazole rings is 1. The summed E-state index contributed by atoms with van der Waals surface area (Å²) in [5.74, 6) is 0.444. The predicted octanol–water partition coefficient (Wildman–Crippen LogP) is 2.42. The molecule has 196 valence electrons. The number of pyridine rings is 1. The highest BCUT2D eigenvalue weighted by Gasteiger charge is 2.49. The van der Waals surface area contributed by atoms with E-state index < -0.39 is 27.0 Å². The minimum Gasteiger partial charge on any atom is -0.395 e. The zero-order valence-corrected chi connectivity index (χ0v) is 22.0. The van der Waals surface area contributed by atoms with Crippen molar-refractivity contribution in [2.24, 2.45) is 5.92 Å². The Kier molecular flexibility index (Phi) is 6.10. The van der Waals surface area contributed by atoms with Crippen molar-refractivity contribution in [1.82, 2.24) is 29.6 Å². The van der Waals surface area contributed by atoms with Crippen LogP contribution in [-0.2, 0) is 10.0 Å². The molecule has 4 heterocycles. The van der Waals surface area contributed by atoms with Gasteiger partial charge in [-0.3, -0.25) is 4.40 Å². The maximum atomic E-state index is 13.5. The molecule has 5 rings (SSSR count). The summed E-state index contributed by atoms with van der Waals surface area (Å²) in [6.45, 7) is 8.76. The highest BCUT2D eigenvalue weighted by Crippen LogP contribution is 2.43. The second kappa shape index (κ2) is 8.65. The molecule has 36 heavy (non-hydrogen) atoms. The van der Waals surface area contributed by atoms with Crippen molar-refractivity contribution in [1.29, 1.82) is 0 Å². The van der Waals surface area contributed by atoms with Gasteiger partial charge in [0.25, 0.3) is 6.43 Å². The van der Waals surface area contributed by atoms with Crippen LogP contribution >= 0.6 is 11.3 Å². The van der Waals surface area contributed by atoms with Gasteiger partial charge in [0.1, 0.15) is 4.90 Å². The highest BCUT2D eigenvalue weighted by molar-refractivity contribution is 7.89. The van der Waals surface area contributed by atoms with E-state index in [0.29, 0.717) is 35.6 Å². The Labute approximate surface area is 211 Å². The van der Waals surface area contributed by atoms with E-state index in [1.165, 1.54) is 6.20 Å². The quantitative estimate of drug-likeness (QED) is 0.417. The van der Waals surface area contributed by atoms with Crippen LogP contribution in [0.1, 0.15) is 45.5 Å². The molecule has 0 amide bonds. The first kappa shape index (κ1) is 25.4. The van der Waals surface area contributed by atoms with Gasteiger partial charge >= 0.3 is 0 Å². The van der Waals surface area contributed by atoms with Crippen LogP contribution in [0.5, 0.6) is 0 Å². The van der Waals surface area contributed by atoms with Gasteiger partial charge < -0.3 is 15.3 Å². The number of alkyl halides is 2. The standard InChI is InChI=1S/C22H29F2N7O3S2/c1-12-6-22(12,4)29-36(33,34)14-5-15(30-8-13(10-32)26-21(2,3)11-30)16-7-25-18(31(16)9-14)20-28-27-19(35-20)17(23)24/h5,7,9,12-13,17,26,29,32H,6,8,10-11H2,1-4H3/t12-,13?,22+/m1/s1. The Balaban J connectivity index is 1.66. The third-order valence-corrected chi connectivity index (χ3v) is 9.44. The van der Waals surface area contributed by atoms with E-state index in [0.717, 1.165) is 6.42 Å². The lowest BCUT2D eigenvalue weighted by Crippen LogP contribution is -2.63. The van der Waals surface area contributed by atoms with Crippen LogP contribution in [0, 0.1) is 5.92 Å². The Hall–Kier alpha value is -2.26. The van der Waals surface area contributed by atoms with E-state index in [4.69, 9.17) is 0 Å². The molecule has 0 aromatic carbocycles. The summed E-state index contributed by atoms with van der Waals surface area (Å²) in [6, 6.07) is 1.39. The van der Waals surface area contributed by atoms with Crippen molar-refractivity contribution >= 4 is 32.6 Å². The molecule has 0 spiro atoms. The zero-order valence-electron chi connectivity index (χ0n) is 20.4. The van der Waals surface area contributed by atoms with Gasteiger partial charge in [0.2, 0.25) is 10.0 Å². The number of hydrogen-bond donors (Lipinski definition) is 3. The van der Waals surface area contributed by atoms with Crippen molar-refractivity contribution < 1.29 is 22.3 Å². The van der Waals surface area contributed by atoms with E-state index >= 15 is 0 Å². The number of sulfonamides is 1. The first-order chi connectivity index (χ1) is 16.8. The van der Waals surface area contributed by atoms with E-state index in [-0.39, 0.29) is 39.8 Å². The van der Waals surface area contributed by atoms with Gasteiger partial charge in [0.15, 0.2) is 15.8 Å². The van der Waals surface area contributed by atoms with Gasteiger partial charge in [-0.05, 0) is 39.2 Å². The Morgan fingerprint density at radius 3 is 2.67 bits per heavy atom. The lowest BCUT2D eigenvalue weighted by molar-refractivity contribution is 0.150. The maximum absolute atomic E-state index is 13.5. The highest BCUT2D eigenvalue weighted by atomic mass is 32.2. The van der Waals surface area contributed by atoms with Crippen molar-refractivity contribution in [3.05, 3.63) is 23.5 Å². The molecule has 2 fully saturated rings. The third kappa shape index (κ3) is 4.60. The van der Waals surface area contributed by atoms with Gasteiger partial charge in [-0.15, -0.1) is 10.2 Å². The number of halogens is 2. The number of aliphatic hydroxyl groups excluding tert-OH is 1. The summed E-state index contributed by atoms with van der Waals surface area (Å²) in [4.78, 5) is 6.46. The number of fused-ring (bicyclic) bond motifs is 1. The summed E-state index contributed by atoms with van der Waals surface area (Å²) in [5.41, 5.74) is 0.326. The maximum Gasteiger partial charge on any atom is 0.291 e. The fourth-order valence-electron chi connectivity index (χ4n) is 4.85. The fraction of sp³-hybridized carbons (Fsp3) is 0.591. The first-order valence-electron chi connectivity index (χ1n) is 11.6. The molecule has 2 aliphatic rings. The minimum atomic E-state index is -3.92. The molecule has 1 unspecified atom stereocenters. The largest absolute Gasteiger partial charge is 0.395 e. The van der Waals surface area contributed by atoms with Gasteiger partial charge in [0.05, 0.1) is 24.0 Å². The van der Waals surface area contributed by atoms with E-state index in [2.05, 4.69) is 25.2 Å². The lowest BCUT2D eigenvalue weighted by atomic mass is 9.98.